The fraction of sp³-hybridized carbons (Fsp3) is 0.409. The minimum atomic E-state index is -1.05. The molecule has 4 N–H and O–H groups in total. The zero-order valence-electron chi connectivity index (χ0n) is 19.2. The zero-order chi connectivity index (χ0) is 24.7. The van der Waals surface area contributed by atoms with E-state index in [0.29, 0.717) is 34.6 Å². The van der Waals surface area contributed by atoms with Crippen molar-refractivity contribution in [3.8, 4) is 5.75 Å². The van der Waals surface area contributed by atoms with Crippen molar-refractivity contribution in [2.45, 2.75) is 38.8 Å². The second-order valence-corrected chi connectivity index (χ2v) is 7.52. The zero-order valence-corrected chi connectivity index (χ0v) is 19.2. The van der Waals surface area contributed by atoms with Crippen LogP contribution in [0, 0.1) is 0 Å². The molecule has 0 fully saturated rings. The van der Waals surface area contributed by atoms with Crippen LogP contribution in [-0.4, -0.2) is 68.9 Å². The van der Waals surface area contributed by atoms with Gasteiger partial charge in [0.1, 0.15) is 16.8 Å². The SMILES string of the molecule is CCCC(CCO)Nc1nc(NC(=O)OC)nc2cnn(Cc3cc(C(=O)O)ccc3OC)c12. The van der Waals surface area contributed by atoms with Gasteiger partial charge in [0.2, 0.25) is 5.95 Å². The molecule has 1 aromatic carbocycles. The largest absolute Gasteiger partial charge is 0.496 e. The molecular formula is C22H28N6O6. The van der Waals surface area contributed by atoms with Crippen LogP contribution in [0.3, 0.4) is 0 Å². The fourth-order valence-corrected chi connectivity index (χ4v) is 3.60. The molecule has 182 valence electrons. The Morgan fingerprint density at radius 3 is 2.65 bits per heavy atom. The summed E-state index contributed by atoms with van der Waals surface area (Å²) in [6, 6.07) is 4.52. The quantitative estimate of drug-likeness (QED) is 0.326. The number of carboxylic acid groups (broad SMARTS) is 1. The van der Waals surface area contributed by atoms with Gasteiger partial charge in [-0.1, -0.05) is 13.3 Å². The Balaban J connectivity index is 2.09. The molecule has 1 atom stereocenters. The van der Waals surface area contributed by atoms with Gasteiger partial charge in [0, 0.05) is 18.2 Å². The van der Waals surface area contributed by atoms with Crippen LogP contribution in [0.15, 0.2) is 24.4 Å². The highest BCUT2D eigenvalue weighted by Crippen LogP contribution is 2.27. The number of fused-ring (bicyclic) bond motifs is 1. The number of nitrogens with one attached hydrogen (secondary N) is 2. The second-order valence-electron chi connectivity index (χ2n) is 7.52. The van der Waals surface area contributed by atoms with Crippen molar-refractivity contribution >= 4 is 34.9 Å². The molecule has 3 rings (SSSR count). The number of aromatic nitrogens is 4. The maximum atomic E-state index is 11.7. The lowest BCUT2D eigenvalue weighted by molar-refractivity contribution is 0.0696. The van der Waals surface area contributed by atoms with E-state index >= 15 is 0 Å². The molecule has 0 aliphatic rings. The van der Waals surface area contributed by atoms with Crippen LogP contribution < -0.4 is 15.4 Å². The number of aliphatic hydroxyl groups is 1. The number of benzene rings is 1. The van der Waals surface area contributed by atoms with E-state index in [4.69, 9.17) is 4.74 Å². The number of carbonyl (C=O) groups excluding carboxylic acids is 1. The highest BCUT2D eigenvalue weighted by molar-refractivity contribution is 5.90. The van der Waals surface area contributed by atoms with Crippen molar-refractivity contribution in [2.75, 3.05) is 31.5 Å². The number of hydrogen-bond donors (Lipinski definition) is 4. The molecule has 12 nitrogen and oxygen atoms in total. The van der Waals surface area contributed by atoms with Gasteiger partial charge in [-0.3, -0.25) is 10.00 Å². The Labute approximate surface area is 195 Å². The summed E-state index contributed by atoms with van der Waals surface area (Å²) in [4.78, 5) is 32.0. The highest BCUT2D eigenvalue weighted by Gasteiger charge is 2.19. The van der Waals surface area contributed by atoms with Gasteiger partial charge < -0.3 is 25.0 Å². The Morgan fingerprint density at radius 2 is 2.00 bits per heavy atom. The molecule has 1 amide bonds. The molecule has 2 aromatic heterocycles. The van der Waals surface area contributed by atoms with Gasteiger partial charge >= 0.3 is 12.1 Å². The number of nitrogens with zero attached hydrogens (tertiary/aromatic N) is 4. The Kier molecular flexibility index (Phi) is 8.19. The smallest absolute Gasteiger partial charge is 0.413 e. The number of amides is 1. The number of rotatable bonds is 11. The highest BCUT2D eigenvalue weighted by atomic mass is 16.5. The van der Waals surface area contributed by atoms with Gasteiger partial charge in [0.05, 0.1) is 32.5 Å². The molecule has 2 heterocycles. The van der Waals surface area contributed by atoms with Gasteiger partial charge in [-0.2, -0.15) is 10.1 Å². The molecule has 0 aliphatic carbocycles. The molecule has 0 saturated heterocycles. The summed E-state index contributed by atoms with van der Waals surface area (Å²) in [5.74, 6) is -0.0951. The molecular weight excluding hydrogens is 444 g/mol. The molecule has 3 aromatic rings. The number of hydrogen-bond acceptors (Lipinski definition) is 9. The van der Waals surface area contributed by atoms with Crippen LogP contribution in [0.25, 0.3) is 11.0 Å². The van der Waals surface area contributed by atoms with Crippen molar-refractivity contribution < 1.29 is 29.3 Å². The first-order chi connectivity index (χ1) is 16.4. The number of ether oxygens (including phenoxy) is 2. The number of methoxy groups -OCH3 is 2. The Bertz CT molecular complexity index is 1160. The summed E-state index contributed by atoms with van der Waals surface area (Å²) in [5, 5.41) is 29.1. The maximum absolute atomic E-state index is 11.7. The van der Waals surface area contributed by atoms with E-state index in [9.17, 15) is 19.8 Å². The minimum absolute atomic E-state index is 0.00238. The third-order valence-electron chi connectivity index (χ3n) is 5.19. The molecule has 0 bridgehead atoms. The molecule has 0 radical (unpaired) electrons. The number of carbonyl (C=O) groups is 2. The van der Waals surface area contributed by atoms with Crippen molar-refractivity contribution in [1.82, 2.24) is 19.7 Å². The van der Waals surface area contributed by atoms with E-state index in [1.807, 2.05) is 6.92 Å². The fourth-order valence-electron chi connectivity index (χ4n) is 3.60. The number of anilines is 2. The predicted molar refractivity (Wildman–Crippen MR) is 124 cm³/mol. The van der Waals surface area contributed by atoms with E-state index in [1.54, 1.807) is 10.7 Å². The molecule has 0 saturated carbocycles. The van der Waals surface area contributed by atoms with Gasteiger partial charge in [0.15, 0.2) is 5.82 Å². The Morgan fingerprint density at radius 1 is 1.21 bits per heavy atom. The van der Waals surface area contributed by atoms with Crippen molar-refractivity contribution in [2.24, 2.45) is 0 Å². The van der Waals surface area contributed by atoms with Crippen LogP contribution >= 0.6 is 0 Å². The van der Waals surface area contributed by atoms with Crippen LogP contribution in [-0.2, 0) is 11.3 Å². The first kappa shape index (κ1) is 24.7. The summed E-state index contributed by atoms with van der Waals surface area (Å²) >= 11 is 0. The summed E-state index contributed by atoms with van der Waals surface area (Å²) in [5.41, 5.74) is 1.74. The molecule has 0 aliphatic heterocycles. The lowest BCUT2D eigenvalue weighted by atomic mass is 10.1. The number of carboxylic acids is 1. The average Bonchev–Trinajstić information content (AvgIpc) is 3.22. The number of aromatic carboxylic acids is 1. The Hall–Kier alpha value is -3.93. The number of aliphatic hydroxyl groups excluding tert-OH is 1. The molecule has 1 unspecified atom stereocenters. The molecule has 12 heteroatoms. The average molecular weight is 473 g/mol. The van der Waals surface area contributed by atoms with Crippen LogP contribution in [0.2, 0.25) is 0 Å². The summed E-state index contributed by atoms with van der Waals surface area (Å²) < 4.78 is 11.7. The van der Waals surface area contributed by atoms with E-state index in [0.717, 1.165) is 12.8 Å². The first-order valence-corrected chi connectivity index (χ1v) is 10.8. The standard InChI is InChI=1S/C22H28N6O6/c1-4-5-15(8-9-29)24-19-18-16(25-21(26-19)27-22(32)34-3)11-23-28(18)12-14-10-13(20(30)31)6-7-17(14)33-2/h6-7,10-11,15,29H,4-5,8-9,12H2,1-3H3,(H,30,31)(H2,24,25,26,27,32). The topological polar surface area (TPSA) is 161 Å². The lowest BCUT2D eigenvalue weighted by Crippen LogP contribution is -2.23. The van der Waals surface area contributed by atoms with Crippen LogP contribution in [0.4, 0.5) is 16.6 Å². The van der Waals surface area contributed by atoms with E-state index in [2.05, 4.69) is 30.4 Å². The molecule has 0 spiro atoms. The van der Waals surface area contributed by atoms with E-state index in [-0.39, 0.29) is 30.7 Å². The van der Waals surface area contributed by atoms with Gasteiger partial charge in [-0.15, -0.1) is 0 Å². The van der Waals surface area contributed by atoms with Crippen molar-refractivity contribution in [3.05, 3.63) is 35.5 Å². The third-order valence-corrected chi connectivity index (χ3v) is 5.19. The van der Waals surface area contributed by atoms with Gasteiger partial charge in [-0.25, -0.2) is 14.6 Å². The first-order valence-electron chi connectivity index (χ1n) is 10.8. The van der Waals surface area contributed by atoms with Crippen molar-refractivity contribution in [3.63, 3.8) is 0 Å². The maximum Gasteiger partial charge on any atom is 0.413 e. The predicted octanol–water partition coefficient (Wildman–Crippen LogP) is 2.72. The van der Waals surface area contributed by atoms with Crippen LogP contribution in [0.5, 0.6) is 5.75 Å². The minimum Gasteiger partial charge on any atom is -0.496 e. The van der Waals surface area contributed by atoms with Crippen molar-refractivity contribution in [1.29, 1.82) is 0 Å². The lowest BCUT2D eigenvalue weighted by Gasteiger charge is -2.19. The molecule has 34 heavy (non-hydrogen) atoms. The second kappa shape index (κ2) is 11.3. The van der Waals surface area contributed by atoms with Crippen LogP contribution in [0.1, 0.15) is 42.1 Å². The summed E-state index contributed by atoms with van der Waals surface area (Å²) in [6.07, 6.45) is 2.99. The van der Waals surface area contributed by atoms with Gasteiger partial charge in [-0.05, 0) is 31.0 Å². The summed E-state index contributed by atoms with van der Waals surface area (Å²) in [7, 11) is 2.74. The van der Waals surface area contributed by atoms with Gasteiger partial charge in [0.25, 0.3) is 0 Å². The summed E-state index contributed by atoms with van der Waals surface area (Å²) in [6.45, 7) is 2.23. The normalized spacial score (nSPS) is 11.8. The monoisotopic (exact) mass is 472 g/mol. The van der Waals surface area contributed by atoms with E-state index in [1.165, 1.54) is 32.5 Å². The third kappa shape index (κ3) is 5.70. The van der Waals surface area contributed by atoms with E-state index < -0.39 is 12.1 Å².